The number of amides is 1. The number of nitrogens with zero attached hydrogens (tertiary/aromatic N) is 1. The molecule has 21 heavy (non-hydrogen) atoms. The minimum atomic E-state index is -3.56. The lowest BCUT2D eigenvalue weighted by atomic mass is 9.97. The molecule has 1 unspecified atom stereocenters. The first kappa shape index (κ1) is 16.9. The Hall–Kier alpha value is -2.13. The van der Waals surface area contributed by atoms with Crippen molar-refractivity contribution in [1.29, 1.82) is 0 Å². The van der Waals surface area contributed by atoms with Crippen LogP contribution in [0.4, 0.5) is 0 Å². The van der Waals surface area contributed by atoms with Crippen LogP contribution in [0.1, 0.15) is 17.9 Å². The lowest BCUT2D eigenvalue weighted by Gasteiger charge is -2.15. The van der Waals surface area contributed by atoms with Crippen molar-refractivity contribution in [3.05, 3.63) is 35.9 Å². The average molecular weight is 314 g/mol. The summed E-state index contributed by atoms with van der Waals surface area (Å²) in [5.74, 6) is -1.89. The van der Waals surface area contributed by atoms with Crippen molar-refractivity contribution in [2.24, 2.45) is 16.0 Å². The van der Waals surface area contributed by atoms with Crippen molar-refractivity contribution in [2.75, 3.05) is 12.3 Å². The molecule has 0 saturated carbocycles. The second-order valence-corrected chi connectivity index (χ2v) is 6.11. The zero-order chi connectivity index (χ0) is 15.9. The number of rotatable bonds is 7. The Labute approximate surface area is 122 Å². The third kappa shape index (κ3) is 5.79. The lowest BCUT2D eigenvalue weighted by molar-refractivity contribution is -0.121. The number of carbonyl (C=O) groups excluding carboxylic acids is 1. The van der Waals surface area contributed by atoms with Gasteiger partial charge in [0.2, 0.25) is 15.9 Å². The predicted octanol–water partition coefficient (Wildman–Crippen LogP) is -0.689. The van der Waals surface area contributed by atoms with E-state index in [0.29, 0.717) is 5.56 Å². The van der Waals surface area contributed by atoms with E-state index in [0.717, 1.165) is 0 Å². The van der Waals surface area contributed by atoms with Crippen LogP contribution < -0.4 is 16.2 Å². The molecule has 0 aliphatic carbocycles. The van der Waals surface area contributed by atoms with Gasteiger partial charge < -0.3 is 16.3 Å². The van der Waals surface area contributed by atoms with Crippen LogP contribution in [0.3, 0.4) is 0 Å². The van der Waals surface area contributed by atoms with E-state index in [2.05, 4.69) is 10.5 Å². The van der Waals surface area contributed by atoms with Gasteiger partial charge >= 0.3 is 0 Å². The summed E-state index contributed by atoms with van der Waals surface area (Å²) in [6.07, 6.45) is 0.183. The summed E-state index contributed by atoms with van der Waals surface area (Å²) in [5.41, 5.74) is 6.11. The van der Waals surface area contributed by atoms with Gasteiger partial charge in [-0.1, -0.05) is 35.5 Å². The molecule has 0 spiro atoms. The largest absolute Gasteiger partial charge is 0.409 e. The number of nitrogens with two attached hydrogens (primary N) is 2. The predicted molar refractivity (Wildman–Crippen MR) is 78.2 cm³/mol. The highest BCUT2D eigenvalue weighted by Crippen LogP contribution is 2.15. The number of oxime groups is 1. The Balaban J connectivity index is 2.70. The maximum atomic E-state index is 12.1. The van der Waals surface area contributed by atoms with E-state index in [4.69, 9.17) is 16.1 Å². The average Bonchev–Trinajstić information content (AvgIpc) is 2.44. The molecule has 0 bridgehead atoms. The van der Waals surface area contributed by atoms with Gasteiger partial charge in [-0.05, 0) is 12.0 Å². The quantitative estimate of drug-likeness (QED) is 0.173. The SMILES string of the molecule is NC(=NO)C(C(=O)NCCCS(N)(=O)=O)c1ccccc1. The Bertz CT molecular complexity index is 601. The fourth-order valence-corrected chi connectivity index (χ4v) is 2.29. The molecule has 0 aromatic heterocycles. The van der Waals surface area contributed by atoms with Crippen molar-refractivity contribution >= 4 is 21.8 Å². The van der Waals surface area contributed by atoms with E-state index < -0.39 is 21.8 Å². The van der Waals surface area contributed by atoms with E-state index in [1.165, 1.54) is 0 Å². The number of hydrogen-bond acceptors (Lipinski definition) is 5. The lowest BCUT2D eigenvalue weighted by Crippen LogP contribution is -2.38. The van der Waals surface area contributed by atoms with Crippen LogP contribution in [0.5, 0.6) is 0 Å². The Kier molecular flexibility index (Phi) is 6.12. The van der Waals surface area contributed by atoms with E-state index >= 15 is 0 Å². The molecule has 1 rings (SSSR count). The van der Waals surface area contributed by atoms with Crippen LogP contribution in [-0.4, -0.2) is 37.7 Å². The molecule has 9 heteroatoms. The monoisotopic (exact) mass is 314 g/mol. The maximum Gasteiger partial charge on any atom is 0.235 e. The van der Waals surface area contributed by atoms with Gasteiger partial charge in [-0.3, -0.25) is 4.79 Å². The zero-order valence-electron chi connectivity index (χ0n) is 11.3. The van der Waals surface area contributed by atoms with E-state index in [-0.39, 0.29) is 24.6 Å². The molecule has 0 heterocycles. The molecule has 1 amide bonds. The molecular formula is C12H18N4O4S. The Morgan fingerprint density at radius 3 is 2.48 bits per heavy atom. The normalized spacial score (nSPS) is 13.7. The first-order valence-electron chi connectivity index (χ1n) is 6.15. The highest BCUT2D eigenvalue weighted by atomic mass is 32.2. The minimum absolute atomic E-state index is 0.122. The third-order valence-electron chi connectivity index (χ3n) is 2.71. The third-order valence-corrected chi connectivity index (χ3v) is 3.57. The summed E-state index contributed by atoms with van der Waals surface area (Å²) < 4.78 is 21.6. The van der Waals surface area contributed by atoms with Gasteiger partial charge in [0, 0.05) is 6.54 Å². The molecule has 8 nitrogen and oxygen atoms in total. The molecular weight excluding hydrogens is 296 g/mol. The molecule has 0 aliphatic heterocycles. The molecule has 6 N–H and O–H groups in total. The summed E-state index contributed by atoms with van der Waals surface area (Å²) >= 11 is 0. The fourth-order valence-electron chi connectivity index (χ4n) is 1.75. The first-order chi connectivity index (χ1) is 9.85. The topological polar surface area (TPSA) is 148 Å². The van der Waals surface area contributed by atoms with E-state index in [9.17, 15) is 13.2 Å². The van der Waals surface area contributed by atoms with Gasteiger partial charge in [0.15, 0.2) is 5.84 Å². The molecule has 0 fully saturated rings. The summed E-state index contributed by atoms with van der Waals surface area (Å²) in [4.78, 5) is 12.1. The smallest absolute Gasteiger partial charge is 0.235 e. The van der Waals surface area contributed by atoms with Gasteiger partial charge in [-0.2, -0.15) is 0 Å². The van der Waals surface area contributed by atoms with Crippen molar-refractivity contribution in [3.8, 4) is 0 Å². The van der Waals surface area contributed by atoms with Gasteiger partial charge in [0.25, 0.3) is 0 Å². The van der Waals surface area contributed by atoms with Gasteiger partial charge in [0.05, 0.1) is 5.75 Å². The highest BCUT2D eigenvalue weighted by Gasteiger charge is 2.24. The Morgan fingerprint density at radius 2 is 1.95 bits per heavy atom. The second kappa shape index (κ2) is 7.60. The first-order valence-corrected chi connectivity index (χ1v) is 7.87. The number of carbonyl (C=O) groups is 1. The standard InChI is InChI=1S/C12H18N4O4S/c13-11(16-18)10(9-5-2-1-3-6-9)12(17)15-7-4-8-21(14,19)20/h1-3,5-6,10,18H,4,7-8H2,(H2,13,16)(H,15,17)(H2,14,19,20). The van der Waals surface area contributed by atoms with Crippen molar-refractivity contribution in [1.82, 2.24) is 5.32 Å². The number of primary sulfonamides is 1. The molecule has 1 aromatic rings. The maximum absolute atomic E-state index is 12.1. The number of benzene rings is 1. The van der Waals surface area contributed by atoms with Crippen LogP contribution in [0.15, 0.2) is 35.5 Å². The molecule has 1 atom stereocenters. The summed E-state index contributed by atoms with van der Waals surface area (Å²) in [6.45, 7) is 0.122. The molecule has 1 aromatic carbocycles. The van der Waals surface area contributed by atoms with Gasteiger partial charge in [0.1, 0.15) is 5.92 Å². The molecule has 0 aliphatic rings. The van der Waals surface area contributed by atoms with E-state index in [1.54, 1.807) is 30.3 Å². The molecule has 0 radical (unpaired) electrons. The highest BCUT2D eigenvalue weighted by molar-refractivity contribution is 7.89. The van der Waals surface area contributed by atoms with Crippen LogP contribution in [0, 0.1) is 0 Å². The molecule has 0 saturated heterocycles. The Morgan fingerprint density at radius 1 is 1.33 bits per heavy atom. The van der Waals surface area contributed by atoms with Crippen LogP contribution in [0.25, 0.3) is 0 Å². The number of hydrogen-bond donors (Lipinski definition) is 4. The summed E-state index contributed by atoms with van der Waals surface area (Å²) in [5, 5.41) is 19.1. The minimum Gasteiger partial charge on any atom is -0.409 e. The number of amidine groups is 1. The van der Waals surface area contributed by atoms with Gasteiger partial charge in [-0.15, -0.1) is 0 Å². The summed E-state index contributed by atoms with van der Waals surface area (Å²) in [7, 11) is -3.56. The van der Waals surface area contributed by atoms with Gasteiger partial charge in [-0.25, -0.2) is 13.6 Å². The number of nitrogens with one attached hydrogen (secondary N) is 1. The second-order valence-electron chi connectivity index (χ2n) is 4.38. The van der Waals surface area contributed by atoms with Crippen LogP contribution in [-0.2, 0) is 14.8 Å². The van der Waals surface area contributed by atoms with Crippen LogP contribution >= 0.6 is 0 Å². The fraction of sp³-hybridized carbons (Fsp3) is 0.333. The number of sulfonamides is 1. The van der Waals surface area contributed by atoms with Crippen molar-refractivity contribution in [3.63, 3.8) is 0 Å². The zero-order valence-corrected chi connectivity index (χ0v) is 12.1. The van der Waals surface area contributed by atoms with E-state index in [1.807, 2.05) is 0 Å². The summed E-state index contributed by atoms with van der Waals surface area (Å²) in [6, 6.07) is 8.57. The van der Waals surface area contributed by atoms with Crippen molar-refractivity contribution in [2.45, 2.75) is 12.3 Å². The molecule has 116 valence electrons. The van der Waals surface area contributed by atoms with Crippen molar-refractivity contribution < 1.29 is 18.4 Å². The van der Waals surface area contributed by atoms with Crippen LogP contribution in [0.2, 0.25) is 0 Å².